The Balaban J connectivity index is 1.29. The molecule has 5 aromatic carbocycles. The molecule has 0 spiro atoms. The number of thioether (sulfide) groups is 1. The zero-order valence-corrected chi connectivity index (χ0v) is 27.2. The second kappa shape index (κ2) is 12.6. The normalized spacial score (nSPS) is 15.2. The molecule has 0 unspecified atom stereocenters. The van der Waals surface area contributed by atoms with E-state index in [1.807, 2.05) is 80.6 Å². The number of hydrogen-bond acceptors (Lipinski definition) is 4. The van der Waals surface area contributed by atoms with Crippen molar-refractivity contribution in [2.75, 3.05) is 4.90 Å². The van der Waals surface area contributed by atoms with E-state index in [9.17, 15) is 4.79 Å². The lowest BCUT2D eigenvalue weighted by atomic mass is 10.1. The van der Waals surface area contributed by atoms with Gasteiger partial charge in [-0.1, -0.05) is 83.9 Å². The highest BCUT2D eigenvalue weighted by atomic mass is 79.9. The maximum Gasteiger partial charge on any atom is 0.271 e. The molecule has 1 saturated heterocycles. The van der Waals surface area contributed by atoms with Crippen LogP contribution in [0.1, 0.15) is 22.3 Å². The van der Waals surface area contributed by atoms with Crippen LogP contribution in [-0.4, -0.2) is 11.1 Å². The first-order valence-electron chi connectivity index (χ1n) is 13.5. The SMILES string of the molecule is Cc1ccc(N=C2S/C(=C/c3ccc(OCc4cccc5ccccc45)c(Br)c3)C(=O)N2c2ccc(C)c(Cl)c2)cc1Cl. The number of rotatable bonds is 6. The van der Waals surface area contributed by atoms with Crippen LogP contribution in [0.15, 0.2) is 111 Å². The fourth-order valence-corrected chi connectivity index (χ4v) is 6.57. The van der Waals surface area contributed by atoms with Crippen molar-refractivity contribution < 1.29 is 9.53 Å². The Morgan fingerprint density at radius 2 is 1.63 bits per heavy atom. The zero-order chi connectivity index (χ0) is 30.1. The van der Waals surface area contributed by atoms with Crippen LogP contribution in [0.4, 0.5) is 11.4 Å². The Morgan fingerprint density at radius 3 is 2.40 bits per heavy atom. The molecule has 5 aromatic rings. The number of carbonyl (C=O) groups is 1. The van der Waals surface area contributed by atoms with Crippen LogP contribution in [0.2, 0.25) is 10.0 Å². The van der Waals surface area contributed by atoms with E-state index in [4.69, 9.17) is 32.9 Å². The van der Waals surface area contributed by atoms with E-state index >= 15 is 0 Å². The molecule has 4 nitrogen and oxygen atoms in total. The van der Waals surface area contributed by atoms with E-state index < -0.39 is 0 Å². The minimum Gasteiger partial charge on any atom is -0.488 e. The molecular formula is C35H25BrCl2N2O2S. The van der Waals surface area contributed by atoms with E-state index in [2.05, 4.69) is 40.2 Å². The summed E-state index contributed by atoms with van der Waals surface area (Å²) in [6.07, 6.45) is 1.86. The monoisotopic (exact) mass is 686 g/mol. The van der Waals surface area contributed by atoms with Crippen LogP contribution < -0.4 is 9.64 Å². The largest absolute Gasteiger partial charge is 0.488 e. The number of ether oxygens (including phenoxy) is 1. The summed E-state index contributed by atoms with van der Waals surface area (Å²) >= 11 is 17.8. The van der Waals surface area contributed by atoms with Gasteiger partial charge in [-0.25, -0.2) is 4.99 Å². The van der Waals surface area contributed by atoms with Crippen molar-refractivity contribution >= 4 is 90.2 Å². The lowest BCUT2D eigenvalue weighted by Gasteiger charge is -2.16. The topological polar surface area (TPSA) is 41.9 Å². The van der Waals surface area contributed by atoms with Crippen molar-refractivity contribution in [3.05, 3.63) is 139 Å². The van der Waals surface area contributed by atoms with Gasteiger partial charge in [0.15, 0.2) is 5.17 Å². The third kappa shape index (κ3) is 6.38. The number of benzene rings is 5. The van der Waals surface area contributed by atoms with Gasteiger partial charge in [0.1, 0.15) is 12.4 Å². The Hall–Kier alpha value is -3.55. The number of anilines is 1. The van der Waals surface area contributed by atoms with Gasteiger partial charge in [0.2, 0.25) is 0 Å². The summed E-state index contributed by atoms with van der Waals surface area (Å²) in [6.45, 7) is 4.30. The van der Waals surface area contributed by atoms with Gasteiger partial charge in [-0.2, -0.15) is 0 Å². The predicted molar refractivity (Wildman–Crippen MR) is 185 cm³/mol. The molecule has 1 amide bonds. The average molecular weight is 688 g/mol. The molecule has 1 aliphatic rings. The van der Waals surface area contributed by atoms with Gasteiger partial charge in [-0.15, -0.1) is 0 Å². The fourth-order valence-electron chi connectivity index (χ4n) is 4.71. The molecule has 6 rings (SSSR count). The van der Waals surface area contributed by atoms with E-state index in [0.29, 0.717) is 38.1 Å². The lowest BCUT2D eigenvalue weighted by Crippen LogP contribution is -2.28. The fraction of sp³-hybridized carbons (Fsp3) is 0.0857. The van der Waals surface area contributed by atoms with Crippen molar-refractivity contribution in [1.29, 1.82) is 0 Å². The summed E-state index contributed by atoms with van der Waals surface area (Å²) in [7, 11) is 0. The molecule has 1 fully saturated rings. The molecule has 0 saturated carbocycles. The van der Waals surface area contributed by atoms with Crippen LogP contribution in [0.25, 0.3) is 16.8 Å². The number of aliphatic imine (C=N–C) groups is 1. The van der Waals surface area contributed by atoms with Crippen LogP contribution >= 0.6 is 50.9 Å². The number of carbonyl (C=O) groups excluding carboxylic acids is 1. The standard InChI is InChI=1S/C35H25BrCl2N2O2S/c1-21-10-13-26(18-30(21)37)39-35-40(27-14-11-22(2)31(38)19-27)34(41)33(43-35)17-23-12-15-32(29(36)16-23)42-20-25-8-5-7-24-6-3-4-9-28(24)25/h3-19H,20H2,1-2H3/b33-17+,39-35?. The van der Waals surface area contributed by atoms with Gasteiger partial charge in [-0.3, -0.25) is 9.69 Å². The van der Waals surface area contributed by atoms with Crippen molar-refractivity contribution in [2.45, 2.75) is 20.5 Å². The summed E-state index contributed by atoms with van der Waals surface area (Å²) in [5.74, 6) is 0.532. The molecule has 0 aliphatic carbocycles. The number of halogens is 3. The highest BCUT2D eigenvalue weighted by Crippen LogP contribution is 2.39. The molecule has 0 radical (unpaired) electrons. The second-order valence-electron chi connectivity index (χ2n) is 10.1. The molecule has 1 aliphatic heterocycles. The van der Waals surface area contributed by atoms with Gasteiger partial charge in [0.25, 0.3) is 5.91 Å². The molecule has 0 N–H and O–H groups in total. The predicted octanol–water partition coefficient (Wildman–Crippen LogP) is 10.9. The van der Waals surface area contributed by atoms with Crippen molar-refractivity contribution in [3.63, 3.8) is 0 Å². The summed E-state index contributed by atoms with van der Waals surface area (Å²) in [6, 6.07) is 31.4. The highest BCUT2D eigenvalue weighted by molar-refractivity contribution is 9.10. The average Bonchev–Trinajstić information content (AvgIpc) is 3.29. The minimum absolute atomic E-state index is 0.186. The Kier molecular flexibility index (Phi) is 8.64. The van der Waals surface area contributed by atoms with Crippen LogP contribution in [-0.2, 0) is 11.4 Å². The van der Waals surface area contributed by atoms with Gasteiger partial charge in [-0.05, 0) is 117 Å². The van der Waals surface area contributed by atoms with Gasteiger partial charge < -0.3 is 4.74 Å². The molecule has 0 atom stereocenters. The Bertz CT molecular complexity index is 1950. The third-order valence-electron chi connectivity index (χ3n) is 7.12. The van der Waals surface area contributed by atoms with Crippen LogP contribution in [0.3, 0.4) is 0 Å². The summed E-state index contributed by atoms with van der Waals surface area (Å²) < 4.78 is 6.98. The minimum atomic E-state index is -0.186. The molecule has 214 valence electrons. The molecule has 43 heavy (non-hydrogen) atoms. The number of nitrogens with zero attached hydrogens (tertiary/aromatic N) is 2. The number of hydrogen-bond donors (Lipinski definition) is 0. The number of amidine groups is 1. The maximum atomic E-state index is 13.8. The van der Waals surface area contributed by atoms with Crippen molar-refractivity contribution in [2.24, 2.45) is 4.99 Å². The summed E-state index contributed by atoms with van der Waals surface area (Å²) in [5, 5.41) is 4.06. The van der Waals surface area contributed by atoms with E-state index in [-0.39, 0.29) is 5.91 Å². The van der Waals surface area contributed by atoms with Gasteiger partial charge in [0.05, 0.1) is 20.8 Å². The number of aryl methyl sites for hydroxylation is 2. The zero-order valence-electron chi connectivity index (χ0n) is 23.3. The molecular weight excluding hydrogens is 663 g/mol. The first-order chi connectivity index (χ1) is 20.8. The summed E-state index contributed by atoms with van der Waals surface area (Å²) in [4.78, 5) is 20.7. The highest BCUT2D eigenvalue weighted by Gasteiger charge is 2.35. The maximum absolute atomic E-state index is 13.8. The molecule has 0 bridgehead atoms. The van der Waals surface area contributed by atoms with Gasteiger partial charge in [0, 0.05) is 10.0 Å². The number of amides is 1. The first kappa shape index (κ1) is 29.5. The van der Waals surface area contributed by atoms with E-state index in [0.717, 1.165) is 32.5 Å². The van der Waals surface area contributed by atoms with Gasteiger partial charge >= 0.3 is 0 Å². The smallest absolute Gasteiger partial charge is 0.271 e. The quantitative estimate of drug-likeness (QED) is 0.167. The second-order valence-corrected chi connectivity index (χ2v) is 12.8. The number of fused-ring (bicyclic) bond motifs is 1. The molecule has 1 heterocycles. The molecule has 8 heteroatoms. The summed E-state index contributed by atoms with van der Waals surface area (Å²) in [5.41, 5.74) is 5.15. The van der Waals surface area contributed by atoms with E-state index in [1.54, 1.807) is 17.0 Å². The van der Waals surface area contributed by atoms with Crippen molar-refractivity contribution in [1.82, 2.24) is 0 Å². The first-order valence-corrected chi connectivity index (χ1v) is 15.9. The Labute approximate surface area is 273 Å². The van der Waals surface area contributed by atoms with Crippen molar-refractivity contribution in [3.8, 4) is 5.75 Å². The van der Waals surface area contributed by atoms with Crippen LogP contribution in [0, 0.1) is 13.8 Å². The lowest BCUT2D eigenvalue weighted by molar-refractivity contribution is -0.113. The van der Waals surface area contributed by atoms with Crippen LogP contribution in [0.5, 0.6) is 5.75 Å². The van der Waals surface area contributed by atoms with E-state index in [1.165, 1.54) is 22.5 Å². The third-order valence-corrected chi connectivity index (χ3v) is 9.52. The molecule has 0 aromatic heterocycles. The Morgan fingerprint density at radius 1 is 0.884 bits per heavy atom.